The second-order valence-electron chi connectivity index (χ2n) is 17.9. The van der Waals surface area contributed by atoms with Gasteiger partial charge >= 0.3 is 0 Å². The number of nitrogens with one attached hydrogen (secondary N) is 1. The number of fused-ring (bicyclic) bond motifs is 3. The third-order valence-electron chi connectivity index (χ3n) is 11.9. The van der Waals surface area contributed by atoms with Gasteiger partial charge in [-0.3, -0.25) is 0 Å². The van der Waals surface area contributed by atoms with Crippen LogP contribution in [-0.2, 0) is 52.0 Å². The predicted molar refractivity (Wildman–Crippen MR) is 342 cm³/mol. The molecule has 0 saturated carbocycles. The Balaban J connectivity index is 0.000000270. The van der Waals surface area contributed by atoms with Crippen LogP contribution in [0, 0.1) is 0 Å². The topological polar surface area (TPSA) is 64.1 Å². The van der Waals surface area contributed by atoms with Gasteiger partial charge in [0.2, 0.25) is 12.7 Å². The fourth-order valence-corrected chi connectivity index (χ4v) is 9.85. The highest BCUT2D eigenvalue weighted by molar-refractivity contribution is 9.09. The van der Waals surface area contributed by atoms with Gasteiger partial charge in [0.25, 0.3) is 20.6 Å². The molecule has 10 rings (SSSR count). The molecule has 8 nitrogen and oxygen atoms in total. The Kier molecular flexibility index (Phi) is 34.8. The van der Waals surface area contributed by atoms with Crippen LogP contribution in [0.5, 0.6) is 0 Å². The summed E-state index contributed by atoms with van der Waals surface area (Å²) in [5.74, 6) is 0. The molecule has 0 atom stereocenters. The smallest absolute Gasteiger partial charge is 0.255 e. The molecule has 0 aliphatic heterocycles. The third kappa shape index (κ3) is 22.6. The van der Waals surface area contributed by atoms with Crippen LogP contribution in [0.3, 0.4) is 0 Å². The lowest BCUT2D eigenvalue weighted by Gasteiger charge is -2.03. The number of imidazole rings is 4. The second kappa shape index (κ2) is 38.9. The molecule has 0 fully saturated rings. The Hall–Kier alpha value is -2.82. The predicted octanol–water partition coefficient (Wildman–Crippen LogP) is 13.7. The highest BCUT2D eigenvalue weighted by Crippen LogP contribution is 2.24. The van der Waals surface area contributed by atoms with E-state index in [1.165, 1.54) is 61.8 Å². The first kappa shape index (κ1) is 71.4. The summed E-state index contributed by atoms with van der Waals surface area (Å²) in [6.45, 7) is 12.8. The van der Waals surface area contributed by atoms with Crippen LogP contribution in [0.4, 0.5) is 0 Å². The van der Waals surface area contributed by atoms with Gasteiger partial charge in [0.15, 0.2) is 10.3 Å². The first-order chi connectivity index (χ1) is 37.7. The molecule has 0 spiro atoms. The molecule has 0 saturated heterocycles. The number of halogens is 12. The molecule has 430 valence electrons. The van der Waals surface area contributed by atoms with Gasteiger partial charge in [0.05, 0.1) is 38.8 Å². The number of hydrogen-bond acceptors (Lipinski definition) is 2. The average molecular weight is 1500 g/mol. The van der Waals surface area contributed by atoms with E-state index in [0.29, 0.717) is 41.2 Å². The lowest BCUT2D eigenvalue weighted by atomic mass is 10.1. The Labute approximate surface area is 549 Å². The van der Waals surface area contributed by atoms with E-state index < -0.39 is 0 Å². The Morgan fingerprint density at radius 3 is 1.14 bits per heavy atom. The van der Waals surface area contributed by atoms with Gasteiger partial charge in [-0.25, -0.2) is 28.2 Å². The third-order valence-corrected chi connectivity index (χ3v) is 16.3. The van der Waals surface area contributed by atoms with Gasteiger partial charge in [-0.05, 0) is 128 Å². The molecule has 0 radical (unpaired) electrons. The summed E-state index contributed by atoms with van der Waals surface area (Å²) in [6.07, 6.45) is 14.4. The van der Waals surface area contributed by atoms with Crippen molar-refractivity contribution in [3.63, 3.8) is 0 Å². The number of benzene rings is 6. The lowest BCUT2D eigenvalue weighted by molar-refractivity contribution is -0.694. The summed E-state index contributed by atoms with van der Waals surface area (Å²) in [4.78, 5) is 10.0. The number of aromatic amines is 1. The van der Waals surface area contributed by atoms with E-state index in [1.807, 2.05) is 35.5 Å². The Morgan fingerprint density at radius 1 is 0.438 bits per heavy atom. The molecule has 1 N–H and O–H groups in total. The first-order valence-electron chi connectivity index (χ1n) is 25.9. The molecule has 0 unspecified atom stereocenters. The van der Waals surface area contributed by atoms with Gasteiger partial charge < -0.3 is 43.5 Å². The minimum atomic E-state index is 0. The van der Waals surface area contributed by atoms with Gasteiger partial charge in [-0.2, -0.15) is 0 Å². The normalized spacial score (nSPS) is 10.4. The van der Waals surface area contributed by atoms with Crippen molar-refractivity contribution in [2.24, 2.45) is 0 Å². The maximum absolute atomic E-state index is 6.32. The van der Waals surface area contributed by atoms with Crippen molar-refractivity contribution in [2.75, 3.05) is 10.7 Å². The molecule has 0 amide bonds. The molecule has 0 bridgehead atoms. The number of rotatable bonds is 15. The zero-order valence-electron chi connectivity index (χ0n) is 45.0. The van der Waals surface area contributed by atoms with Gasteiger partial charge in [0.1, 0.15) is 10.3 Å². The average Bonchev–Trinajstić information content (AvgIpc) is 4.17. The molecular weight excluding hydrogens is 1440 g/mol. The van der Waals surface area contributed by atoms with Gasteiger partial charge in [-0.1, -0.05) is 233 Å². The molecule has 0 aliphatic rings. The van der Waals surface area contributed by atoms with Crippen molar-refractivity contribution in [1.82, 2.24) is 28.7 Å². The van der Waals surface area contributed by atoms with Crippen molar-refractivity contribution < 1.29 is 43.1 Å². The van der Waals surface area contributed by atoms with E-state index in [1.54, 1.807) is 6.33 Å². The first-order valence-corrected chi connectivity index (χ1v) is 31.1. The summed E-state index contributed by atoms with van der Waals surface area (Å²) in [7, 11) is 0. The summed E-state index contributed by atoms with van der Waals surface area (Å²) < 4.78 is 9.88. The number of aryl methyl sites for hydroxylation is 8. The zero-order valence-corrected chi connectivity index (χ0v) is 57.4. The second-order valence-corrected chi connectivity index (χ2v) is 22.3. The van der Waals surface area contributed by atoms with Crippen LogP contribution in [-0.4, -0.2) is 39.3 Å². The maximum atomic E-state index is 6.32. The molecule has 0 aliphatic carbocycles. The molecule has 4 heterocycles. The summed E-state index contributed by atoms with van der Waals surface area (Å²) in [6, 6.07) is 45.1. The number of H-pyrrole nitrogens is 1. The van der Waals surface area contributed by atoms with Crippen LogP contribution in [0.25, 0.3) is 32.3 Å². The minimum absolute atomic E-state index is 0. The summed E-state index contributed by atoms with van der Waals surface area (Å²) >= 11 is 53.9. The largest absolute Gasteiger partial charge is 1.00 e. The van der Waals surface area contributed by atoms with E-state index >= 15 is 0 Å². The summed E-state index contributed by atoms with van der Waals surface area (Å²) in [5.41, 5.74) is 4.01. The van der Waals surface area contributed by atoms with E-state index in [4.69, 9.17) is 92.8 Å². The van der Waals surface area contributed by atoms with Crippen LogP contribution < -0.4 is 43.1 Å². The molecule has 20 heteroatoms. The fourth-order valence-electron chi connectivity index (χ4n) is 7.91. The Bertz CT molecular complexity index is 3230. The fraction of sp³-hybridized carbons (Fsp3) is 0.300. The number of aromatic nitrogens is 8. The monoisotopic (exact) mass is 1490 g/mol. The molecule has 80 heavy (non-hydrogen) atoms. The quantitative estimate of drug-likeness (QED) is 0.0821. The van der Waals surface area contributed by atoms with Crippen molar-refractivity contribution in [1.29, 1.82) is 0 Å². The standard InChI is InChI=1S/2C18H19Cl2N2.C12H11Br.C6H8Cl2N2.C3H7Br.C3H2Cl2N2.2BrH/c2*1-2-10-21-13-22(18(20)17(21)19)11-9-14-7-8-15-5-3-4-6-16(15)12-14;13-8-7-10-5-6-11-3-1-2-4-12(11)9-10;1-2-3-10-4-9-5(7)6(10)8;1-2-3-4;4-2-3(5)7-1-6-2;;/h2*3-8,12-13H,2,9-11H2,1H3;1-6,9H,7-8H2;4H,2-3H2,1H3;2-3H2,1H3;1H,(H,6,7);2*1H/q2*+1;;;;;;/p-2. The van der Waals surface area contributed by atoms with Crippen molar-refractivity contribution in [3.05, 3.63) is 211 Å². The van der Waals surface area contributed by atoms with Crippen molar-refractivity contribution in [2.45, 2.75) is 105 Å². The van der Waals surface area contributed by atoms with Crippen molar-refractivity contribution in [3.8, 4) is 0 Å². The minimum Gasteiger partial charge on any atom is -1.00 e. The molecule has 4 aromatic heterocycles. The van der Waals surface area contributed by atoms with Crippen LogP contribution in [0.1, 0.15) is 70.1 Å². The Morgan fingerprint density at radius 2 is 0.838 bits per heavy atom. The van der Waals surface area contributed by atoms with Crippen LogP contribution in [0.2, 0.25) is 41.2 Å². The van der Waals surface area contributed by atoms with Crippen LogP contribution in [0.15, 0.2) is 153 Å². The maximum Gasteiger partial charge on any atom is 0.255 e. The van der Waals surface area contributed by atoms with E-state index in [0.717, 1.165) is 81.9 Å². The van der Waals surface area contributed by atoms with Crippen molar-refractivity contribution >= 4 is 157 Å². The number of nitrogens with zero attached hydrogens (tertiary/aromatic N) is 7. The van der Waals surface area contributed by atoms with E-state index in [-0.39, 0.29) is 34.0 Å². The highest BCUT2D eigenvalue weighted by Gasteiger charge is 2.20. The lowest BCUT2D eigenvalue weighted by Crippen LogP contribution is -3.00. The molecule has 6 aromatic carbocycles. The molecule has 10 aromatic rings. The van der Waals surface area contributed by atoms with E-state index in [2.05, 4.69) is 202 Å². The SMILES string of the molecule is BrCCc1ccc2ccccc2c1.CCCBr.CCC[n+]1cn(CCc2ccc3ccccc3c2)c(Cl)c1Cl.CCC[n+]1cn(CCc2ccc3ccccc3c2)c(Cl)c1Cl.CCCn1cnc(Cl)c1Cl.Clc1nc[nH]c1Cl.[Br-].[Br-]. The van der Waals surface area contributed by atoms with Crippen LogP contribution >= 0.6 is 125 Å². The van der Waals surface area contributed by atoms with Gasteiger partial charge in [-0.15, -0.1) is 0 Å². The molecular formula is C60H66Br4Cl8N8. The summed E-state index contributed by atoms with van der Waals surface area (Å²) in [5, 5.41) is 14.0. The number of alkyl halides is 2. The number of hydrogen-bond donors (Lipinski definition) is 1. The zero-order chi connectivity index (χ0) is 56.4. The highest BCUT2D eigenvalue weighted by atomic mass is 79.9. The van der Waals surface area contributed by atoms with Gasteiger partial charge in [0, 0.05) is 30.0 Å². The van der Waals surface area contributed by atoms with E-state index in [9.17, 15) is 0 Å².